The Morgan fingerprint density at radius 3 is 2.58 bits per heavy atom. The van der Waals surface area contributed by atoms with Gasteiger partial charge in [-0.3, -0.25) is 18.8 Å². The molecule has 1 aromatic heterocycles. The average Bonchev–Trinajstić information content (AvgIpc) is 2.68. The minimum Gasteiger partial charge on any atom is -0.379 e. The molecule has 0 bridgehead atoms. The molecule has 0 unspecified atom stereocenters. The van der Waals surface area contributed by atoms with E-state index in [0.29, 0.717) is 18.9 Å². The van der Waals surface area contributed by atoms with Crippen LogP contribution in [0, 0.1) is 0 Å². The normalized spacial score (nSPS) is 15.1. The van der Waals surface area contributed by atoms with E-state index in [4.69, 9.17) is 4.74 Å². The van der Waals surface area contributed by atoms with E-state index >= 15 is 0 Å². The van der Waals surface area contributed by atoms with E-state index in [0.717, 1.165) is 49.4 Å². The molecule has 1 N–H and O–H groups in total. The van der Waals surface area contributed by atoms with E-state index in [9.17, 15) is 9.59 Å². The minimum absolute atomic E-state index is 0.296. The van der Waals surface area contributed by atoms with Crippen LogP contribution in [0.15, 0.2) is 46.0 Å². The molecular weight excluding hydrogens is 332 g/mol. The molecule has 0 spiro atoms. The SMILES string of the molecule is Cn1c(=O)cc(NCCCN2CCOCC2)n(Cc2ccccc2)c1=O. The zero-order chi connectivity index (χ0) is 18.4. The first-order valence-electron chi connectivity index (χ1n) is 9.04. The average molecular weight is 358 g/mol. The molecule has 0 aliphatic carbocycles. The number of nitrogens with one attached hydrogen (secondary N) is 1. The quantitative estimate of drug-likeness (QED) is 0.739. The number of benzene rings is 1. The summed E-state index contributed by atoms with van der Waals surface area (Å²) in [7, 11) is 1.51. The van der Waals surface area contributed by atoms with Crippen molar-refractivity contribution in [3.05, 3.63) is 62.8 Å². The lowest BCUT2D eigenvalue weighted by atomic mass is 10.2. The smallest absolute Gasteiger partial charge is 0.332 e. The van der Waals surface area contributed by atoms with Gasteiger partial charge in [0.15, 0.2) is 0 Å². The topological polar surface area (TPSA) is 68.5 Å². The Hall–Kier alpha value is -2.38. The van der Waals surface area contributed by atoms with Gasteiger partial charge in [0, 0.05) is 32.7 Å². The van der Waals surface area contributed by atoms with Crippen LogP contribution in [0.3, 0.4) is 0 Å². The highest BCUT2D eigenvalue weighted by atomic mass is 16.5. The zero-order valence-electron chi connectivity index (χ0n) is 15.2. The van der Waals surface area contributed by atoms with E-state index < -0.39 is 0 Å². The summed E-state index contributed by atoms with van der Waals surface area (Å²) in [5, 5.41) is 3.27. The van der Waals surface area contributed by atoms with Crippen LogP contribution in [0.25, 0.3) is 0 Å². The number of hydrogen-bond donors (Lipinski definition) is 1. The van der Waals surface area contributed by atoms with Gasteiger partial charge < -0.3 is 10.1 Å². The van der Waals surface area contributed by atoms with Crippen LogP contribution in [0.2, 0.25) is 0 Å². The van der Waals surface area contributed by atoms with Gasteiger partial charge in [0.05, 0.1) is 19.8 Å². The maximum absolute atomic E-state index is 12.6. The van der Waals surface area contributed by atoms with Gasteiger partial charge in [-0.15, -0.1) is 0 Å². The predicted molar refractivity (Wildman–Crippen MR) is 102 cm³/mol. The van der Waals surface area contributed by atoms with Crippen molar-refractivity contribution in [2.75, 3.05) is 44.7 Å². The molecule has 0 radical (unpaired) electrons. The number of morpholine rings is 1. The third kappa shape index (κ3) is 4.62. The Labute approximate surface area is 152 Å². The van der Waals surface area contributed by atoms with Gasteiger partial charge in [-0.05, 0) is 18.5 Å². The van der Waals surface area contributed by atoms with Gasteiger partial charge in [0.1, 0.15) is 5.82 Å². The molecule has 140 valence electrons. The Balaban J connectivity index is 1.68. The Kier molecular flexibility index (Phi) is 6.25. The monoisotopic (exact) mass is 358 g/mol. The molecule has 1 saturated heterocycles. The van der Waals surface area contributed by atoms with Crippen molar-refractivity contribution in [3.63, 3.8) is 0 Å². The highest BCUT2D eigenvalue weighted by molar-refractivity contribution is 5.35. The Bertz CT molecular complexity index is 823. The molecule has 1 aliphatic heterocycles. The van der Waals surface area contributed by atoms with Crippen LogP contribution < -0.4 is 16.6 Å². The highest BCUT2D eigenvalue weighted by Crippen LogP contribution is 2.07. The molecule has 1 aromatic carbocycles. The maximum Gasteiger partial charge on any atom is 0.332 e. The lowest BCUT2D eigenvalue weighted by Gasteiger charge is -2.26. The fourth-order valence-electron chi connectivity index (χ4n) is 3.08. The third-order valence-corrected chi connectivity index (χ3v) is 4.64. The summed E-state index contributed by atoms with van der Waals surface area (Å²) >= 11 is 0. The summed E-state index contributed by atoms with van der Waals surface area (Å²) in [5.74, 6) is 0.573. The largest absolute Gasteiger partial charge is 0.379 e. The maximum atomic E-state index is 12.6. The van der Waals surface area contributed by atoms with Crippen LogP contribution in [0.4, 0.5) is 5.82 Å². The molecule has 1 aliphatic rings. The minimum atomic E-state index is -0.308. The van der Waals surface area contributed by atoms with E-state index in [1.807, 2.05) is 30.3 Å². The summed E-state index contributed by atoms with van der Waals surface area (Å²) in [6.45, 7) is 5.62. The number of hydrogen-bond acceptors (Lipinski definition) is 5. The zero-order valence-corrected chi connectivity index (χ0v) is 15.2. The fraction of sp³-hybridized carbons (Fsp3) is 0.474. The Morgan fingerprint density at radius 2 is 1.85 bits per heavy atom. The summed E-state index contributed by atoms with van der Waals surface area (Å²) in [5.41, 5.74) is 0.414. The molecule has 1 fully saturated rings. The standard InChI is InChI=1S/C19H26N4O3/c1-21-18(24)14-17(20-8-5-9-22-10-12-26-13-11-22)23(19(21)25)15-16-6-3-2-4-7-16/h2-4,6-7,14,20H,5,8-13,15H2,1H3. The molecule has 0 atom stereocenters. The van der Waals surface area contributed by atoms with E-state index in [1.165, 1.54) is 13.1 Å². The van der Waals surface area contributed by atoms with Crippen LogP contribution in [0.1, 0.15) is 12.0 Å². The lowest BCUT2D eigenvalue weighted by molar-refractivity contribution is 0.0378. The molecule has 7 nitrogen and oxygen atoms in total. The van der Waals surface area contributed by atoms with Gasteiger partial charge >= 0.3 is 5.69 Å². The van der Waals surface area contributed by atoms with Crippen LogP contribution >= 0.6 is 0 Å². The van der Waals surface area contributed by atoms with E-state index in [2.05, 4.69) is 10.2 Å². The molecule has 0 saturated carbocycles. The van der Waals surface area contributed by atoms with E-state index in [-0.39, 0.29) is 11.2 Å². The second kappa shape index (κ2) is 8.82. The molecule has 2 heterocycles. The van der Waals surface area contributed by atoms with Crippen molar-refractivity contribution in [3.8, 4) is 0 Å². The number of anilines is 1. The van der Waals surface area contributed by atoms with Crippen LogP contribution in [0.5, 0.6) is 0 Å². The van der Waals surface area contributed by atoms with Gasteiger partial charge in [0.2, 0.25) is 0 Å². The van der Waals surface area contributed by atoms with Crippen LogP contribution in [-0.4, -0.2) is 53.4 Å². The first kappa shape index (κ1) is 18.4. The second-order valence-electron chi connectivity index (χ2n) is 6.52. The summed E-state index contributed by atoms with van der Waals surface area (Å²) in [4.78, 5) is 27.0. The van der Waals surface area contributed by atoms with Crippen LogP contribution in [-0.2, 0) is 18.3 Å². The third-order valence-electron chi connectivity index (χ3n) is 4.64. The molecular formula is C19H26N4O3. The van der Waals surface area contributed by atoms with E-state index in [1.54, 1.807) is 4.57 Å². The van der Waals surface area contributed by atoms with Crippen molar-refractivity contribution in [1.29, 1.82) is 0 Å². The first-order chi connectivity index (χ1) is 12.6. The summed E-state index contributed by atoms with van der Waals surface area (Å²) in [6.07, 6.45) is 0.939. The molecule has 7 heteroatoms. The fourth-order valence-corrected chi connectivity index (χ4v) is 3.08. The molecule has 26 heavy (non-hydrogen) atoms. The number of nitrogens with zero attached hydrogens (tertiary/aromatic N) is 3. The van der Waals surface area contributed by atoms with Crippen molar-refractivity contribution in [2.24, 2.45) is 7.05 Å². The van der Waals surface area contributed by atoms with Crippen molar-refractivity contribution >= 4 is 5.82 Å². The molecule has 3 rings (SSSR count). The summed E-state index contributed by atoms with van der Waals surface area (Å²) in [6, 6.07) is 11.3. The summed E-state index contributed by atoms with van der Waals surface area (Å²) < 4.78 is 8.11. The van der Waals surface area contributed by atoms with Gasteiger partial charge in [-0.1, -0.05) is 30.3 Å². The Morgan fingerprint density at radius 1 is 1.12 bits per heavy atom. The van der Waals surface area contributed by atoms with Gasteiger partial charge in [0.25, 0.3) is 5.56 Å². The second-order valence-corrected chi connectivity index (χ2v) is 6.52. The molecule has 2 aromatic rings. The predicted octanol–water partition coefficient (Wildman–Crippen LogP) is 0.730. The number of aromatic nitrogens is 2. The van der Waals surface area contributed by atoms with Crippen molar-refractivity contribution in [1.82, 2.24) is 14.0 Å². The van der Waals surface area contributed by atoms with Gasteiger partial charge in [-0.2, -0.15) is 0 Å². The van der Waals surface area contributed by atoms with Crippen molar-refractivity contribution in [2.45, 2.75) is 13.0 Å². The first-order valence-corrected chi connectivity index (χ1v) is 9.04. The highest BCUT2D eigenvalue weighted by Gasteiger charge is 2.11. The van der Waals surface area contributed by atoms with Gasteiger partial charge in [-0.25, -0.2) is 4.79 Å². The lowest BCUT2D eigenvalue weighted by Crippen LogP contribution is -2.39. The molecule has 0 amide bonds. The number of rotatable bonds is 7. The number of ether oxygens (including phenoxy) is 1. The van der Waals surface area contributed by atoms with Crippen molar-refractivity contribution < 1.29 is 4.74 Å².